The first-order chi connectivity index (χ1) is 9.94. The lowest BCUT2D eigenvalue weighted by atomic mass is 10.1. The lowest BCUT2D eigenvalue weighted by molar-refractivity contribution is -0.884. The number of aryl methyl sites for hydroxylation is 2. The maximum atomic E-state index is 12.1. The number of quaternary nitrogens is 1. The van der Waals surface area contributed by atoms with Crippen molar-refractivity contribution in [3.63, 3.8) is 0 Å². The van der Waals surface area contributed by atoms with Gasteiger partial charge in [-0.2, -0.15) is 0 Å². The van der Waals surface area contributed by atoms with Crippen LogP contribution in [0.15, 0.2) is 30.3 Å². The van der Waals surface area contributed by atoms with Crippen LogP contribution >= 0.6 is 22.9 Å². The van der Waals surface area contributed by atoms with Gasteiger partial charge in [-0.05, 0) is 49.2 Å². The Labute approximate surface area is 134 Å². The van der Waals surface area contributed by atoms with Gasteiger partial charge in [0.2, 0.25) is 0 Å². The molecule has 0 fully saturated rings. The number of halogens is 1. The highest BCUT2D eigenvalue weighted by molar-refractivity contribution is 7.16. The molecule has 2 N–H and O–H groups in total. The number of carbonyl (C=O) groups is 1. The topological polar surface area (TPSA) is 33.5 Å². The number of nitrogens with one attached hydrogen (secondary N) is 2. The predicted octanol–water partition coefficient (Wildman–Crippen LogP) is 2.67. The Morgan fingerprint density at radius 2 is 2.00 bits per heavy atom. The zero-order chi connectivity index (χ0) is 15.4. The van der Waals surface area contributed by atoms with Crippen LogP contribution in [-0.2, 0) is 11.3 Å². The lowest BCUT2D eigenvalue weighted by Gasteiger charge is -2.13. The van der Waals surface area contributed by atoms with Gasteiger partial charge in [-0.1, -0.05) is 17.7 Å². The molecule has 2 aromatic rings. The number of carbonyl (C=O) groups excluding carboxylic acids is 1. The van der Waals surface area contributed by atoms with Crippen LogP contribution in [0.2, 0.25) is 4.34 Å². The number of benzene rings is 1. The summed E-state index contributed by atoms with van der Waals surface area (Å²) < 4.78 is 0.789. The second-order valence-corrected chi connectivity index (χ2v) is 7.16. The summed E-state index contributed by atoms with van der Waals surface area (Å²) in [5.41, 5.74) is 3.27. The molecule has 1 amide bonds. The third kappa shape index (κ3) is 4.84. The van der Waals surface area contributed by atoms with E-state index in [0.29, 0.717) is 6.54 Å². The van der Waals surface area contributed by atoms with Gasteiger partial charge in [0.25, 0.3) is 5.91 Å². The molecule has 1 atom stereocenters. The smallest absolute Gasteiger partial charge is 0.279 e. The molecule has 0 bridgehead atoms. The minimum absolute atomic E-state index is 0.0263. The van der Waals surface area contributed by atoms with Crippen LogP contribution in [0.5, 0.6) is 0 Å². The summed E-state index contributed by atoms with van der Waals surface area (Å²) in [5.74, 6) is 0.0263. The summed E-state index contributed by atoms with van der Waals surface area (Å²) in [6.45, 7) is 5.34. The van der Waals surface area contributed by atoms with E-state index in [9.17, 15) is 4.79 Å². The van der Waals surface area contributed by atoms with Crippen LogP contribution in [0.25, 0.3) is 0 Å². The van der Waals surface area contributed by atoms with Gasteiger partial charge < -0.3 is 10.2 Å². The van der Waals surface area contributed by atoms with Crippen molar-refractivity contribution in [2.45, 2.75) is 20.4 Å². The molecular formula is C16H20ClN2OS+. The van der Waals surface area contributed by atoms with E-state index < -0.39 is 0 Å². The molecule has 0 saturated carbocycles. The Kier molecular flexibility index (Phi) is 5.39. The highest BCUT2D eigenvalue weighted by Crippen LogP contribution is 2.20. The van der Waals surface area contributed by atoms with Gasteiger partial charge in [0.1, 0.15) is 6.54 Å². The highest BCUT2D eigenvalue weighted by Gasteiger charge is 2.12. The minimum Gasteiger partial charge on any atom is -0.325 e. The van der Waals surface area contributed by atoms with Crippen LogP contribution in [-0.4, -0.2) is 19.5 Å². The van der Waals surface area contributed by atoms with E-state index in [1.54, 1.807) is 11.3 Å². The molecule has 2 rings (SSSR count). The average Bonchev–Trinajstić information content (AvgIpc) is 2.79. The molecule has 0 aliphatic heterocycles. The monoisotopic (exact) mass is 323 g/mol. The fraction of sp³-hybridized carbons (Fsp3) is 0.312. The maximum Gasteiger partial charge on any atom is 0.279 e. The molecule has 0 aliphatic rings. The molecule has 1 heterocycles. The highest BCUT2D eigenvalue weighted by atomic mass is 35.5. The standard InChI is InChI=1S/C16H19ClN2OS/c1-11-4-5-13(8-12(11)2)18-16(20)10-19(3)9-14-6-7-15(17)21-14/h4-8H,9-10H2,1-3H3,(H,18,20)/p+1. The molecule has 0 radical (unpaired) electrons. The van der Waals surface area contributed by atoms with Gasteiger partial charge in [0.05, 0.1) is 16.3 Å². The zero-order valence-electron chi connectivity index (χ0n) is 12.5. The SMILES string of the molecule is Cc1ccc(NC(=O)C[NH+](C)Cc2ccc(Cl)s2)cc1C. The van der Waals surface area contributed by atoms with Crippen molar-refractivity contribution in [2.75, 3.05) is 18.9 Å². The minimum atomic E-state index is 0.0263. The molecule has 0 aliphatic carbocycles. The summed E-state index contributed by atoms with van der Waals surface area (Å²) >= 11 is 7.48. The van der Waals surface area contributed by atoms with E-state index in [-0.39, 0.29) is 5.91 Å². The number of hydrogen-bond acceptors (Lipinski definition) is 2. The van der Waals surface area contributed by atoms with E-state index >= 15 is 0 Å². The van der Waals surface area contributed by atoms with Crippen molar-refractivity contribution in [3.05, 3.63) is 50.7 Å². The van der Waals surface area contributed by atoms with Crippen LogP contribution in [0.4, 0.5) is 5.69 Å². The summed E-state index contributed by atoms with van der Waals surface area (Å²) in [7, 11) is 2.01. The van der Waals surface area contributed by atoms with Crippen LogP contribution < -0.4 is 10.2 Å². The van der Waals surface area contributed by atoms with Gasteiger partial charge in [-0.3, -0.25) is 4.79 Å². The largest absolute Gasteiger partial charge is 0.325 e. The van der Waals surface area contributed by atoms with Crippen LogP contribution in [0.1, 0.15) is 16.0 Å². The molecule has 1 aromatic carbocycles. The van der Waals surface area contributed by atoms with Crippen molar-refractivity contribution >= 4 is 34.5 Å². The Morgan fingerprint density at radius 1 is 1.24 bits per heavy atom. The zero-order valence-corrected chi connectivity index (χ0v) is 14.1. The Bertz CT molecular complexity index is 639. The predicted molar refractivity (Wildman–Crippen MR) is 89.3 cm³/mol. The Morgan fingerprint density at radius 3 is 2.62 bits per heavy atom. The number of thiophene rings is 1. The summed E-state index contributed by atoms with van der Waals surface area (Å²) in [6.07, 6.45) is 0. The first-order valence-electron chi connectivity index (χ1n) is 6.86. The molecule has 1 aromatic heterocycles. The second-order valence-electron chi connectivity index (χ2n) is 5.36. The van der Waals surface area contributed by atoms with Crippen molar-refractivity contribution in [3.8, 4) is 0 Å². The van der Waals surface area contributed by atoms with Gasteiger partial charge >= 0.3 is 0 Å². The molecule has 112 valence electrons. The van der Waals surface area contributed by atoms with Crippen LogP contribution in [0.3, 0.4) is 0 Å². The van der Waals surface area contributed by atoms with E-state index in [1.165, 1.54) is 16.0 Å². The third-order valence-corrected chi connectivity index (χ3v) is 4.59. The van der Waals surface area contributed by atoms with E-state index in [4.69, 9.17) is 11.6 Å². The fourth-order valence-corrected chi connectivity index (χ4v) is 3.31. The summed E-state index contributed by atoms with van der Waals surface area (Å²) in [5, 5.41) is 2.95. The number of amides is 1. The molecule has 3 nitrogen and oxygen atoms in total. The molecule has 0 saturated heterocycles. The molecule has 0 spiro atoms. The molecule has 5 heteroatoms. The Hall–Kier alpha value is -1.36. The average molecular weight is 324 g/mol. The van der Waals surface area contributed by atoms with Crippen molar-refractivity contribution in [1.82, 2.24) is 0 Å². The number of anilines is 1. The lowest BCUT2D eigenvalue weighted by Crippen LogP contribution is -3.08. The van der Waals surface area contributed by atoms with E-state index in [1.807, 2.05) is 44.3 Å². The van der Waals surface area contributed by atoms with E-state index in [0.717, 1.165) is 21.5 Å². The van der Waals surface area contributed by atoms with Gasteiger partial charge in [-0.15, -0.1) is 11.3 Å². The molecular weight excluding hydrogens is 304 g/mol. The second kappa shape index (κ2) is 7.07. The van der Waals surface area contributed by atoms with Gasteiger partial charge in [-0.25, -0.2) is 0 Å². The number of likely N-dealkylation sites (N-methyl/N-ethyl adjacent to an activating group) is 1. The number of hydrogen-bond donors (Lipinski definition) is 2. The summed E-state index contributed by atoms with van der Waals surface area (Å²) in [4.78, 5) is 14.4. The third-order valence-electron chi connectivity index (χ3n) is 3.36. The van der Waals surface area contributed by atoms with Gasteiger partial charge in [0.15, 0.2) is 6.54 Å². The quantitative estimate of drug-likeness (QED) is 0.871. The first-order valence-corrected chi connectivity index (χ1v) is 8.06. The van der Waals surface area contributed by atoms with Crippen LogP contribution in [0, 0.1) is 13.8 Å². The molecule has 21 heavy (non-hydrogen) atoms. The Balaban J connectivity index is 1.87. The fourth-order valence-electron chi connectivity index (χ4n) is 2.11. The number of rotatable bonds is 5. The maximum absolute atomic E-state index is 12.1. The van der Waals surface area contributed by atoms with E-state index in [2.05, 4.69) is 12.2 Å². The summed E-state index contributed by atoms with van der Waals surface area (Å²) in [6, 6.07) is 9.87. The van der Waals surface area contributed by atoms with Crippen molar-refractivity contribution in [2.24, 2.45) is 0 Å². The normalized spacial score (nSPS) is 12.2. The van der Waals surface area contributed by atoms with Crippen molar-refractivity contribution < 1.29 is 9.69 Å². The molecule has 1 unspecified atom stereocenters. The van der Waals surface area contributed by atoms with Crippen molar-refractivity contribution in [1.29, 1.82) is 0 Å². The van der Waals surface area contributed by atoms with Gasteiger partial charge in [0, 0.05) is 5.69 Å². The first kappa shape index (κ1) is 16.0.